The van der Waals surface area contributed by atoms with Crippen LogP contribution in [0.2, 0.25) is 0 Å². The first-order chi connectivity index (χ1) is 11.2. The molecule has 128 valence electrons. The summed E-state index contributed by atoms with van der Waals surface area (Å²) in [5, 5.41) is 6.56. The Morgan fingerprint density at radius 2 is 1.96 bits per heavy atom. The van der Waals surface area contributed by atoms with E-state index < -0.39 is 34.1 Å². The Balaban J connectivity index is 2.15. The lowest BCUT2D eigenvalue weighted by atomic mass is 10.1. The third-order valence-corrected chi connectivity index (χ3v) is 3.90. The van der Waals surface area contributed by atoms with Crippen LogP contribution in [0, 0.1) is 0 Å². The van der Waals surface area contributed by atoms with Crippen molar-refractivity contribution < 1.29 is 18.0 Å². The number of hydrogen-bond acceptors (Lipinski definition) is 5. The van der Waals surface area contributed by atoms with E-state index in [-0.39, 0.29) is 10.7 Å². The van der Waals surface area contributed by atoms with Crippen LogP contribution in [0.4, 0.5) is 18.9 Å². The van der Waals surface area contributed by atoms with Crippen molar-refractivity contribution in [3.63, 3.8) is 0 Å². The Bertz CT molecular complexity index is 862. The summed E-state index contributed by atoms with van der Waals surface area (Å²) in [5.74, 6) is -0.746. The van der Waals surface area contributed by atoms with Crippen molar-refractivity contribution in [2.45, 2.75) is 23.4 Å². The largest absolute Gasteiger partial charge is 0.418 e. The molecule has 1 amide bonds. The molecule has 1 atom stereocenters. The average molecular weight is 360 g/mol. The van der Waals surface area contributed by atoms with Gasteiger partial charge in [-0.25, -0.2) is 9.89 Å². The standard InChI is InChI=1S/C13H11F3N4O3S/c1-6(24-11-10(22)18-12(23)20-19-11)9(21)17-8-5-3-2-4-7(8)13(14,15)16/h2-6H,1H3,(H,17,21)(H2,18,20,22,23)/t6-/m1/s1. The van der Waals surface area contributed by atoms with Gasteiger partial charge >= 0.3 is 11.9 Å². The summed E-state index contributed by atoms with van der Waals surface area (Å²) in [7, 11) is 0. The number of para-hydroxylation sites is 1. The SMILES string of the molecule is C[C@@H](Sc1n[nH]c(=O)[nH]c1=O)C(=O)Nc1ccccc1C(F)(F)F. The van der Waals surface area contributed by atoms with Crippen LogP contribution < -0.4 is 16.6 Å². The number of carbonyl (C=O) groups excluding carboxylic acids is 1. The lowest BCUT2D eigenvalue weighted by Gasteiger charge is -2.15. The quantitative estimate of drug-likeness (QED) is 0.718. The Kier molecular flexibility index (Phi) is 5.12. The van der Waals surface area contributed by atoms with Crippen molar-refractivity contribution in [3.8, 4) is 0 Å². The van der Waals surface area contributed by atoms with Gasteiger partial charge in [0.25, 0.3) is 5.56 Å². The molecule has 2 rings (SSSR count). The van der Waals surface area contributed by atoms with Crippen LogP contribution in [0.5, 0.6) is 0 Å². The van der Waals surface area contributed by atoms with Crippen LogP contribution in [0.15, 0.2) is 38.9 Å². The zero-order valence-electron chi connectivity index (χ0n) is 12.1. The molecule has 0 aliphatic heterocycles. The van der Waals surface area contributed by atoms with E-state index in [2.05, 4.69) is 10.4 Å². The van der Waals surface area contributed by atoms with E-state index in [4.69, 9.17) is 0 Å². The first-order valence-electron chi connectivity index (χ1n) is 6.51. The van der Waals surface area contributed by atoms with E-state index >= 15 is 0 Å². The van der Waals surface area contributed by atoms with Crippen LogP contribution in [0.25, 0.3) is 0 Å². The van der Waals surface area contributed by atoms with Crippen molar-refractivity contribution in [3.05, 3.63) is 50.7 Å². The van der Waals surface area contributed by atoms with Crippen LogP contribution in [0.3, 0.4) is 0 Å². The molecule has 24 heavy (non-hydrogen) atoms. The number of H-pyrrole nitrogens is 2. The third-order valence-electron chi connectivity index (χ3n) is 2.83. The highest BCUT2D eigenvalue weighted by Gasteiger charge is 2.34. The molecule has 2 aromatic rings. The molecule has 0 saturated carbocycles. The molecule has 3 N–H and O–H groups in total. The zero-order valence-corrected chi connectivity index (χ0v) is 12.9. The molecule has 1 heterocycles. The van der Waals surface area contributed by atoms with Gasteiger partial charge in [0.1, 0.15) is 0 Å². The number of alkyl halides is 3. The molecule has 0 fully saturated rings. The van der Waals surface area contributed by atoms with Crippen molar-refractivity contribution in [2.75, 3.05) is 5.32 Å². The van der Waals surface area contributed by atoms with Crippen LogP contribution >= 0.6 is 11.8 Å². The van der Waals surface area contributed by atoms with Crippen molar-refractivity contribution in [2.24, 2.45) is 0 Å². The predicted octanol–water partition coefficient (Wildman–Crippen LogP) is 1.60. The first-order valence-corrected chi connectivity index (χ1v) is 7.39. The molecular weight excluding hydrogens is 349 g/mol. The van der Waals surface area contributed by atoms with Gasteiger partial charge in [-0.15, -0.1) is 0 Å². The second-order valence-corrected chi connectivity index (χ2v) is 5.93. The van der Waals surface area contributed by atoms with Crippen molar-refractivity contribution in [1.29, 1.82) is 0 Å². The number of aromatic amines is 2. The van der Waals surface area contributed by atoms with Crippen LogP contribution in [-0.2, 0) is 11.0 Å². The van der Waals surface area contributed by atoms with Crippen molar-refractivity contribution in [1.82, 2.24) is 15.2 Å². The number of benzene rings is 1. The molecule has 11 heteroatoms. The summed E-state index contributed by atoms with van der Waals surface area (Å²) in [4.78, 5) is 36.4. The summed E-state index contributed by atoms with van der Waals surface area (Å²) in [5.41, 5.74) is -2.96. The van der Waals surface area contributed by atoms with Crippen molar-refractivity contribution >= 4 is 23.4 Å². The van der Waals surface area contributed by atoms with E-state index in [0.717, 1.165) is 12.1 Å². The molecule has 1 aromatic carbocycles. The summed E-state index contributed by atoms with van der Waals surface area (Å²) >= 11 is 0.701. The smallest absolute Gasteiger partial charge is 0.325 e. The minimum absolute atomic E-state index is 0.179. The lowest BCUT2D eigenvalue weighted by Crippen LogP contribution is -2.28. The number of hydrogen-bond donors (Lipinski definition) is 3. The number of aromatic nitrogens is 3. The lowest BCUT2D eigenvalue weighted by molar-refractivity contribution is -0.137. The average Bonchev–Trinajstić information content (AvgIpc) is 2.49. The number of halogens is 3. The van der Waals surface area contributed by atoms with Gasteiger partial charge in [0.15, 0.2) is 5.03 Å². The monoisotopic (exact) mass is 360 g/mol. The molecule has 0 saturated heterocycles. The van der Waals surface area contributed by atoms with E-state index in [1.165, 1.54) is 19.1 Å². The van der Waals surface area contributed by atoms with Gasteiger partial charge in [0.2, 0.25) is 5.91 Å². The van der Waals surface area contributed by atoms with E-state index in [1.54, 1.807) is 0 Å². The molecule has 0 spiro atoms. The first kappa shape index (κ1) is 17.8. The van der Waals surface area contributed by atoms with Gasteiger partial charge in [-0.1, -0.05) is 23.9 Å². The molecule has 0 bridgehead atoms. The fraction of sp³-hybridized carbons (Fsp3) is 0.231. The molecule has 0 aliphatic carbocycles. The minimum atomic E-state index is -4.61. The predicted molar refractivity (Wildman–Crippen MR) is 80.9 cm³/mol. The summed E-state index contributed by atoms with van der Waals surface area (Å²) in [6.45, 7) is 1.39. The number of amides is 1. The molecule has 0 aliphatic rings. The highest BCUT2D eigenvalue weighted by molar-refractivity contribution is 8.00. The third kappa shape index (κ3) is 4.25. The number of nitrogens with one attached hydrogen (secondary N) is 3. The van der Waals surface area contributed by atoms with Gasteiger partial charge < -0.3 is 5.32 Å². The number of carbonyl (C=O) groups is 1. The van der Waals surface area contributed by atoms with E-state index in [1.807, 2.05) is 10.1 Å². The molecule has 0 unspecified atom stereocenters. The topological polar surface area (TPSA) is 108 Å². The Labute approximate surface area is 136 Å². The number of anilines is 1. The molecule has 0 radical (unpaired) electrons. The summed E-state index contributed by atoms with van der Waals surface area (Å²) in [6, 6.07) is 4.54. The maximum Gasteiger partial charge on any atom is 0.418 e. The van der Waals surface area contributed by atoms with Gasteiger partial charge in [0.05, 0.1) is 16.5 Å². The minimum Gasteiger partial charge on any atom is -0.325 e. The summed E-state index contributed by atoms with van der Waals surface area (Å²) < 4.78 is 38.7. The zero-order chi connectivity index (χ0) is 17.9. The molecule has 7 nitrogen and oxygen atoms in total. The van der Waals surface area contributed by atoms with Gasteiger partial charge in [0, 0.05) is 0 Å². The maximum absolute atomic E-state index is 12.9. The fourth-order valence-electron chi connectivity index (χ4n) is 1.71. The van der Waals surface area contributed by atoms with Crippen LogP contribution in [0.1, 0.15) is 12.5 Å². The molecular formula is C13H11F3N4O3S. The summed E-state index contributed by atoms with van der Waals surface area (Å²) in [6.07, 6.45) is -4.61. The highest BCUT2D eigenvalue weighted by atomic mass is 32.2. The van der Waals surface area contributed by atoms with E-state index in [0.29, 0.717) is 11.8 Å². The van der Waals surface area contributed by atoms with Gasteiger partial charge in [-0.2, -0.15) is 18.3 Å². The number of rotatable bonds is 4. The van der Waals surface area contributed by atoms with Gasteiger partial charge in [-0.3, -0.25) is 14.6 Å². The Hall–Kier alpha value is -2.56. The second-order valence-electron chi connectivity index (χ2n) is 4.60. The maximum atomic E-state index is 12.9. The Morgan fingerprint density at radius 1 is 1.29 bits per heavy atom. The fourth-order valence-corrected chi connectivity index (χ4v) is 2.47. The number of thioether (sulfide) groups is 1. The normalized spacial score (nSPS) is 12.7. The molecule has 1 aromatic heterocycles. The van der Waals surface area contributed by atoms with E-state index in [9.17, 15) is 27.6 Å². The van der Waals surface area contributed by atoms with Crippen LogP contribution in [-0.4, -0.2) is 26.3 Å². The highest BCUT2D eigenvalue weighted by Crippen LogP contribution is 2.34. The van der Waals surface area contributed by atoms with Gasteiger partial charge in [-0.05, 0) is 19.1 Å². The Morgan fingerprint density at radius 3 is 2.58 bits per heavy atom. The number of nitrogens with zero attached hydrogens (tertiary/aromatic N) is 1. The second kappa shape index (κ2) is 6.91.